The topological polar surface area (TPSA) is 12.0 Å². The fourth-order valence-electron chi connectivity index (χ4n) is 1.41. The summed E-state index contributed by atoms with van der Waals surface area (Å²) >= 11 is 11.8. The van der Waals surface area contributed by atoms with Crippen LogP contribution in [0.5, 0.6) is 0 Å². The van der Waals surface area contributed by atoms with Crippen LogP contribution in [0, 0.1) is 5.92 Å². The Labute approximate surface area is 114 Å². The van der Waals surface area contributed by atoms with Gasteiger partial charge in [0.05, 0.1) is 10.0 Å². The molecular formula is C14H19Cl2N. The number of benzene rings is 1. The molecule has 0 saturated heterocycles. The van der Waals surface area contributed by atoms with Gasteiger partial charge in [-0.15, -0.1) is 0 Å². The molecule has 1 rings (SSSR count). The van der Waals surface area contributed by atoms with Gasteiger partial charge in [0.25, 0.3) is 0 Å². The number of hydrogen-bond acceptors (Lipinski definition) is 1. The second kappa shape index (κ2) is 7.75. The molecule has 0 fully saturated rings. The zero-order valence-electron chi connectivity index (χ0n) is 10.3. The Morgan fingerprint density at radius 3 is 2.65 bits per heavy atom. The van der Waals surface area contributed by atoms with E-state index in [1.54, 1.807) is 0 Å². The minimum Gasteiger partial charge on any atom is -0.316 e. The van der Waals surface area contributed by atoms with E-state index in [1.807, 2.05) is 18.2 Å². The van der Waals surface area contributed by atoms with Gasteiger partial charge in [-0.05, 0) is 43.1 Å². The summed E-state index contributed by atoms with van der Waals surface area (Å²) in [5.74, 6) is 0.703. The van der Waals surface area contributed by atoms with Crippen molar-refractivity contribution in [2.24, 2.45) is 5.92 Å². The molecule has 3 heteroatoms. The van der Waals surface area contributed by atoms with Gasteiger partial charge in [-0.1, -0.05) is 55.3 Å². The molecule has 0 amide bonds. The number of rotatable bonds is 6. The molecule has 0 aromatic heterocycles. The Bertz CT molecular complexity index is 372. The van der Waals surface area contributed by atoms with Crippen LogP contribution in [0.1, 0.15) is 25.8 Å². The van der Waals surface area contributed by atoms with Crippen molar-refractivity contribution in [3.63, 3.8) is 0 Å². The van der Waals surface area contributed by atoms with Gasteiger partial charge >= 0.3 is 0 Å². The summed E-state index contributed by atoms with van der Waals surface area (Å²) in [5.41, 5.74) is 1.09. The molecule has 0 atom stereocenters. The van der Waals surface area contributed by atoms with Crippen LogP contribution in [0.2, 0.25) is 10.0 Å². The van der Waals surface area contributed by atoms with Crippen LogP contribution in [-0.4, -0.2) is 13.1 Å². The van der Waals surface area contributed by atoms with Gasteiger partial charge in [-0.2, -0.15) is 0 Å². The zero-order chi connectivity index (χ0) is 12.7. The van der Waals surface area contributed by atoms with Gasteiger partial charge in [0.1, 0.15) is 0 Å². The molecule has 0 unspecified atom stereocenters. The minimum absolute atomic E-state index is 0.599. The maximum absolute atomic E-state index is 5.93. The average molecular weight is 272 g/mol. The minimum atomic E-state index is 0.599. The van der Waals surface area contributed by atoms with Crippen LogP contribution in [0.25, 0.3) is 6.08 Å². The molecule has 1 aromatic carbocycles. The summed E-state index contributed by atoms with van der Waals surface area (Å²) in [6, 6.07) is 5.66. The lowest BCUT2D eigenvalue weighted by atomic mass is 10.2. The van der Waals surface area contributed by atoms with E-state index in [-0.39, 0.29) is 0 Å². The Hall–Kier alpha value is -0.500. The smallest absolute Gasteiger partial charge is 0.0598 e. The number of nitrogens with one attached hydrogen (secondary N) is 1. The molecule has 0 aliphatic rings. The molecule has 0 heterocycles. The first-order valence-corrected chi connectivity index (χ1v) is 6.67. The number of hydrogen-bond donors (Lipinski definition) is 1. The van der Waals surface area contributed by atoms with Crippen LogP contribution in [0.3, 0.4) is 0 Å². The molecule has 0 spiro atoms. The summed E-state index contributed by atoms with van der Waals surface area (Å²) < 4.78 is 0. The van der Waals surface area contributed by atoms with E-state index >= 15 is 0 Å². The molecule has 0 saturated carbocycles. The third-order valence-electron chi connectivity index (χ3n) is 2.29. The lowest BCUT2D eigenvalue weighted by Crippen LogP contribution is -2.20. The fourth-order valence-corrected chi connectivity index (χ4v) is 1.72. The summed E-state index contributed by atoms with van der Waals surface area (Å²) in [5, 5.41) is 4.60. The lowest BCUT2D eigenvalue weighted by Gasteiger charge is -2.04. The Morgan fingerprint density at radius 2 is 2.00 bits per heavy atom. The summed E-state index contributed by atoms with van der Waals surface area (Å²) in [7, 11) is 0. The van der Waals surface area contributed by atoms with Gasteiger partial charge in [0.15, 0.2) is 0 Å². The predicted molar refractivity (Wildman–Crippen MR) is 77.8 cm³/mol. The van der Waals surface area contributed by atoms with Crippen LogP contribution in [-0.2, 0) is 0 Å². The molecule has 0 radical (unpaired) electrons. The van der Waals surface area contributed by atoms with E-state index in [2.05, 4.69) is 31.3 Å². The van der Waals surface area contributed by atoms with Gasteiger partial charge in [-0.3, -0.25) is 0 Å². The zero-order valence-corrected chi connectivity index (χ0v) is 11.9. The van der Waals surface area contributed by atoms with Gasteiger partial charge in [-0.25, -0.2) is 0 Å². The molecule has 17 heavy (non-hydrogen) atoms. The Balaban J connectivity index is 2.31. The monoisotopic (exact) mass is 271 g/mol. The van der Waals surface area contributed by atoms with E-state index in [1.165, 1.54) is 0 Å². The fraction of sp³-hybridized carbons (Fsp3) is 0.429. The Morgan fingerprint density at radius 1 is 1.24 bits per heavy atom. The largest absolute Gasteiger partial charge is 0.316 e. The van der Waals surface area contributed by atoms with Crippen LogP contribution in [0.15, 0.2) is 24.3 Å². The highest BCUT2D eigenvalue weighted by atomic mass is 35.5. The third-order valence-corrected chi connectivity index (χ3v) is 3.03. The first-order chi connectivity index (χ1) is 8.09. The molecule has 0 aliphatic heterocycles. The maximum Gasteiger partial charge on any atom is 0.0598 e. The second-order valence-corrected chi connectivity index (χ2v) is 5.28. The van der Waals surface area contributed by atoms with Crippen molar-refractivity contribution in [3.8, 4) is 0 Å². The molecule has 0 bridgehead atoms. The van der Waals surface area contributed by atoms with Crippen molar-refractivity contribution in [1.29, 1.82) is 0 Å². The lowest BCUT2D eigenvalue weighted by molar-refractivity contribution is 0.557. The highest BCUT2D eigenvalue weighted by molar-refractivity contribution is 6.42. The second-order valence-electron chi connectivity index (χ2n) is 4.46. The van der Waals surface area contributed by atoms with E-state index in [9.17, 15) is 0 Å². The van der Waals surface area contributed by atoms with Gasteiger partial charge in [0, 0.05) is 0 Å². The van der Waals surface area contributed by atoms with Crippen molar-refractivity contribution in [2.75, 3.05) is 13.1 Å². The predicted octanol–water partition coefficient (Wildman–Crippen LogP) is 4.64. The SMILES string of the molecule is CC(C)CNCCC=Cc1ccc(Cl)c(Cl)c1. The summed E-state index contributed by atoms with van der Waals surface area (Å²) in [6.45, 7) is 6.49. The Kier molecular flexibility index (Phi) is 6.64. The van der Waals surface area contributed by atoms with Crippen molar-refractivity contribution in [2.45, 2.75) is 20.3 Å². The summed E-state index contributed by atoms with van der Waals surface area (Å²) in [6.07, 6.45) is 5.24. The van der Waals surface area contributed by atoms with Gasteiger partial charge < -0.3 is 5.32 Å². The van der Waals surface area contributed by atoms with Crippen LogP contribution in [0.4, 0.5) is 0 Å². The highest BCUT2D eigenvalue weighted by Gasteiger charge is 1.96. The first-order valence-electron chi connectivity index (χ1n) is 5.92. The van der Waals surface area contributed by atoms with Crippen LogP contribution < -0.4 is 5.32 Å². The molecule has 94 valence electrons. The van der Waals surface area contributed by atoms with Crippen molar-refractivity contribution in [3.05, 3.63) is 39.9 Å². The van der Waals surface area contributed by atoms with Crippen molar-refractivity contribution < 1.29 is 0 Å². The van der Waals surface area contributed by atoms with E-state index in [0.717, 1.165) is 25.1 Å². The average Bonchev–Trinajstić information content (AvgIpc) is 2.27. The molecule has 1 nitrogen and oxygen atoms in total. The molecule has 1 aromatic rings. The third kappa shape index (κ3) is 6.11. The standard InChI is InChI=1S/C14H19Cl2N/c1-11(2)10-17-8-4-3-5-12-6-7-13(15)14(16)9-12/h3,5-7,9,11,17H,4,8,10H2,1-2H3. The normalized spacial score (nSPS) is 11.6. The molecular weight excluding hydrogens is 253 g/mol. The highest BCUT2D eigenvalue weighted by Crippen LogP contribution is 2.23. The van der Waals surface area contributed by atoms with Crippen molar-refractivity contribution >= 4 is 29.3 Å². The van der Waals surface area contributed by atoms with E-state index in [0.29, 0.717) is 16.0 Å². The molecule has 0 aliphatic carbocycles. The first kappa shape index (κ1) is 14.6. The van der Waals surface area contributed by atoms with E-state index < -0.39 is 0 Å². The van der Waals surface area contributed by atoms with Crippen molar-refractivity contribution in [1.82, 2.24) is 5.32 Å². The molecule has 1 N–H and O–H groups in total. The van der Waals surface area contributed by atoms with Gasteiger partial charge in [0.2, 0.25) is 0 Å². The maximum atomic E-state index is 5.93. The summed E-state index contributed by atoms with van der Waals surface area (Å²) in [4.78, 5) is 0. The van der Waals surface area contributed by atoms with Crippen LogP contribution >= 0.6 is 23.2 Å². The van der Waals surface area contributed by atoms with E-state index in [4.69, 9.17) is 23.2 Å². The number of halogens is 2. The quantitative estimate of drug-likeness (QED) is 0.744.